The summed E-state index contributed by atoms with van der Waals surface area (Å²) in [5.74, 6) is -0.403. The van der Waals surface area contributed by atoms with Gasteiger partial charge in [-0.1, -0.05) is 12.1 Å². The zero-order chi connectivity index (χ0) is 15.0. The number of nitrogens with zero attached hydrogens (tertiary/aromatic N) is 3. The second kappa shape index (κ2) is 4.98. The third kappa shape index (κ3) is 2.36. The van der Waals surface area contributed by atoms with Gasteiger partial charge in [-0.2, -0.15) is 0 Å². The lowest BCUT2D eigenvalue weighted by molar-refractivity contribution is -0.385. The van der Waals surface area contributed by atoms with Crippen LogP contribution in [0.5, 0.6) is 0 Å². The Morgan fingerprint density at radius 1 is 1.43 bits per heavy atom. The van der Waals surface area contributed by atoms with Gasteiger partial charge in [0.15, 0.2) is 0 Å². The van der Waals surface area contributed by atoms with Crippen molar-refractivity contribution >= 4 is 34.0 Å². The quantitative estimate of drug-likeness (QED) is 0.595. The monoisotopic (exact) mass is 302 g/mol. The number of carbonyl (C=O) groups is 1. The van der Waals surface area contributed by atoms with Crippen LogP contribution in [0.15, 0.2) is 36.7 Å². The van der Waals surface area contributed by atoms with Crippen molar-refractivity contribution in [1.29, 1.82) is 0 Å². The fourth-order valence-electron chi connectivity index (χ4n) is 1.98. The van der Waals surface area contributed by atoms with E-state index in [2.05, 4.69) is 10.4 Å². The number of nitrogens with one attached hydrogen (secondary N) is 1. The molecule has 0 radical (unpaired) electrons. The number of aryl methyl sites for hydroxylation is 1. The van der Waals surface area contributed by atoms with Crippen molar-refractivity contribution in [2.75, 3.05) is 5.43 Å². The maximum absolute atomic E-state index is 12.2. The summed E-state index contributed by atoms with van der Waals surface area (Å²) in [5, 5.41) is 10.8. The van der Waals surface area contributed by atoms with Crippen molar-refractivity contribution < 1.29 is 9.72 Å². The Bertz CT molecular complexity index is 852. The number of hydrogen-bond acceptors (Lipinski definition) is 5. The minimum atomic E-state index is -0.491. The highest BCUT2D eigenvalue weighted by Gasteiger charge is 2.20. The van der Waals surface area contributed by atoms with Crippen LogP contribution < -0.4 is 5.43 Å². The number of benzene rings is 1. The Kier molecular flexibility index (Phi) is 3.15. The van der Waals surface area contributed by atoms with Crippen molar-refractivity contribution in [3.05, 3.63) is 56.5 Å². The summed E-state index contributed by atoms with van der Waals surface area (Å²) in [6.45, 7) is 1.62. The molecule has 106 valence electrons. The molecule has 3 aromatic rings. The molecule has 1 N–H and O–H groups in total. The van der Waals surface area contributed by atoms with Gasteiger partial charge in [0, 0.05) is 6.07 Å². The molecule has 7 nitrogen and oxygen atoms in total. The average Bonchev–Trinajstić information content (AvgIpc) is 3.03. The first kappa shape index (κ1) is 13.3. The Hall–Kier alpha value is -2.74. The lowest BCUT2D eigenvalue weighted by Crippen LogP contribution is -2.21. The van der Waals surface area contributed by atoms with Crippen LogP contribution >= 0.6 is 11.3 Å². The van der Waals surface area contributed by atoms with E-state index < -0.39 is 10.8 Å². The molecular formula is C13H10N4O3S. The highest BCUT2D eigenvalue weighted by molar-refractivity contribution is 7.14. The van der Waals surface area contributed by atoms with Gasteiger partial charge in [-0.25, -0.2) is 9.66 Å². The topological polar surface area (TPSA) is 90.1 Å². The molecule has 0 aliphatic heterocycles. The van der Waals surface area contributed by atoms with Crippen LogP contribution in [0.25, 0.3) is 11.0 Å². The summed E-state index contributed by atoms with van der Waals surface area (Å²) >= 11 is 1.09. The number of imidazole rings is 1. The van der Waals surface area contributed by atoms with E-state index in [1.54, 1.807) is 6.92 Å². The van der Waals surface area contributed by atoms with E-state index in [1.807, 2.05) is 24.3 Å². The van der Waals surface area contributed by atoms with E-state index in [9.17, 15) is 14.9 Å². The number of thiophene rings is 1. The molecule has 1 aromatic carbocycles. The molecule has 8 heteroatoms. The molecule has 0 bridgehead atoms. The van der Waals surface area contributed by atoms with Crippen molar-refractivity contribution in [3.8, 4) is 0 Å². The number of amides is 1. The summed E-state index contributed by atoms with van der Waals surface area (Å²) in [7, 11) is 0. The molecule has 3 rings (SSSR count). The smallest absolute Gasteiger partial charge is 0.266 e. The van der Waals surface area contributed by atoms with Gasteiger partial charge >= 0.3 is 0 Å². The summed E-state index contributed by atoms with van der Waals surface area (Å²) in [6.07, 6.45) is 1.50. The minimum Gasteiger partial charge on any atom is -0.266 e. The Balaban J connectivity index is 1.90. The minimum absolute atomic E-state index is 0.0411. The third-order valence-corrected chi connectivity index (χ3v) is 4.03. The van der Waals surface area contributed by atoms with Crippen LogP contribution in [0.4, 0.5) is 5.69 Å². The van der Waals surface area contributed by atoms with Gasteiger partial charge in [0.25, 0.3) is 11.6 Å². The van der Waals surface area contributed by atoms with Gasteiger partial charge in [-0.15, -0.1) is 11.3 Å². The number of carbonyl (C=O) groups excluding carboxylic acids is 1. The van der Waals surface area contributed by atoms with Gasteiger partial charge in [0.1, 0.15) is 11.2 Å². The zero-order valence-corrected chi connectivity index (χ0v) is 11.8. The van der Waals surface area contributed by atoms with Gasteiger partial charge in [-0.3, -0.25) is 20.3 Å². The molecule has 0 aliphatic rings. The number of para-hydroxylation sites is 2. The van der Waals surface area contributed by atoms with Gasteiger partial charge in [0.2, 0.25) is 0 Å². The van der Waals surface area contributed by atoms with Gasteiger partial charge in [0.05, 0.1) is 20.8 Å². The molecule has 2 aromatic heterocycles. The summed E-state index contributed by atoms with van der Waals surface area (Å²) in [4.78, 5) is 27.4. The van der Waals surface area contributed by atoms with Crippen LogP contribution in [0.1, 0.15) is 14.5 Å². The molecule has 0 unspecified atom stereocenters. The maximum atomic E-state index is 12.2. The van der Waals surface area contributed by atoms with E-state index >= 15 is 0 Å². The predicted molar refractivity (Wildman–Crippen MR) is 79.1 cm³/mol. The molecule has 2 heterocycles. The van der Waals surface area contributed by atoms with Gasteiger partial charge < -0.3 is 0 Å². The second-order valence-corrected chi connectivity index (χ2v) is 5.61. The van der Waals surface area contributed by atoms with Crippen molar-refractivity contribution in [1.82, 2.24) is 9.66 Å². The van der Waals surface area contributed by atoms with Crippen LogP contribution in [0, 0.1) is 17.0 Å². The zero-order valence-electron chi connectivity index (χ0n) is 10.9. The molecule has 0 saturated heterocycles. The number of rotatable bonds is 3. The van der Waals surface area contributed by atoms with E-state index in [-0.39, 0.29) is 10.6 Å². The number of nitro groups is 1. The second-order valence-electron chi connectivity index (χ2n) is 4.35. The average molecular weight is 302 g/mol. The first-order valence-corrected chi connectivity index (χ1v) is 6.86. The van der Waals surface area contributed by atoms with Crippen molar-refractivity contribution in [2.24, 2.45) is 0 Å². The van der Waals surface area contributed by atoms with E-state index in [0.717, 1.165) is 22.4 Å². The predicted octanol–water partition coefficient (Wildman–Crippen LogP) is 2.70. The van der Waals surface area contributed by atoms with Gasteiger partial charge in [-0.05, 0) is 19.1 Å². The lowest BCUT2D eigenvalue weighted by Gasteiger charge is -2.04. The maximum Gasteiger partial charge on any atom is 0.283 e. The SMILES string of the molecule is Cc1sc(C(=O)Nn2cnc3ccccc32)cc1[N+](=O)[O-]. The van der Waals surface area contributed by atoms with Crippen LogP contribution in [-0.2, 0) is 0 Å². The number of aromatic nitrogens is 2. The number of hydrogen-bond donors (Lipinski definition) is 1. The molecular weight excluding hydrogens is 292 g/mol. The van der Waals surface area contributed by atoms with Crippen molar-refractivity contribution in [2.45, 2.75) is 6.92 Å². The molecule has 0 aliphatic carbocycles. The van der Waals surface area contributed by atoms with Crippen molar-refractivity contribution in [3.63, 3.8) is 0 Å². The fourth-order valence-corrected chi connectivity index (χ4v) is 2.86. The molecule has 0 fully saturated rings. The Morgan fingerprint density at radius 3 is 2.90 bits per heavy atom. The van der Waals surface area contributed by atoms with Crippen LogP contribution in [0.2, 0.25) is 0 Å². The van der Waals surface area contributed by atoms with Crippen LogP contribution in [-0.4, -0.2) is 20.5 Å². The standard InChI is InChI=1S/C13H10N4O3S/c1-8-11(17(19)20)6-12(21-8)13(18)15-16-7-14-9-4-2-3-5-10(9)16/h2-7H,1H3,(H,15,18). The Labute approximate surface area is 123 Å². The highest BCUT2D eigenvalue weighted by atomic mass is 32.1. The highest BCUT2D eigenvalue weighted by Crippen LogP contribution is 2.28. The van der Waals surface area contributed by atoms with E-state index in [4.69, 9.17) is 0 Å². The molecule has 1 amide bonds. The fraction of sp³-hybridized carbons (Fsp3) is 0.0769. The number of fused-ring (bicyclic) bond motifs is 1. The molecule has 0 spiro atoms. The summed E-state index contributed by atoms with van der Waals surface area (Å²) in [5.41, 5.74) is 4.14. The molecule has 21 heavy (non-hydrogen) atoms. The summed E-state index contributed by atoms with van der Waals surface area (Å²) < 4.78 is 1.50. The Morgan fingerprint density at radius 2 is 2.19 bits per heavy atom. The summed E-state index contributed by atoms with van der Waals surface area (Å²) in [6, 6.07) is 8.64. The normalized spacial score (nSPS) is 10.7. The van der Waals surface area contributed by atoms with E-state index in [0.29, 0.717) is 4.88 Å². The first-order valence-electron chi connectivity index (χ1n) is 6.04. The first-order chi connectivity index (χ1) is 10.1. The largest absolute Gasteiger partial charge is 0.283 e. The van der Waals surface area contributed by atoms with Crippen LogP contribution in [0.3, 0.4) is 0 Å². The van der Waals surface area contributed by atoms with E-state index in [1.165, 1.54) is 17.1 Å². The molecule has 0 saturated carbocycles. The molecule has 0 atom stereocenters. The lowest BCUT2D eigenvalue weighted by atomic mass is 10.3. The third-order valence-electron chi connectivity index (χ3n) is 2.99.